The maximum Gasteiger partial charge on any atom is 0.339 e. The van der Waals surface area contributed by atoms with Gasteiger partial charge in [-0.15, -0.1) is 0 Å². The normalized spacial score (nSPS) is 10.3. The number of rotatable bonds is 3. The van der Waals surface area contributed by atoms with E-state index in [4.69, 9.17) is 16.7 Å². The van der Waals surface area contributed by atoms with Gasteiger partial charge in [0.25, 0.3) is 5.91 Å². The van der Waals surface area contributed by atoms with Gasteiger partial charge in [0.05, 0.1) is 11.3 Å². The summed E-state index contributed by atoms with van der Waals surface area (Å²) in [6, 6.07) is 3.56. The van der Waals surface area contributed by atoms with Gasteiger partial charge in [0.1, 0.15) is 11.4 Å². The van der Waals surface area contributed by atoms with E-state index in [0.29, 0.717) is 5.69 Å². The number of halogens is 2. The van der Waals surface area contributed by atoms with Crippen LogP contribution in [0, 0.1) is 12.7 Å². The Labute approximate surface area is 118 Å². The van der Waals surface area contributed by atoms with E-state index in [2.05, 4.69) is 10.3 Å². The Morgan fingerprint density at radius 2 is 2.10 bits per heavy atom. The molecule has 0 saturated carbocycles. The monoisotopic (exact) mass is 296 g/mol. The van der Waals surface area contributed by atoms with Gasteiger partial charge in [-0.1, -0.05) is 11.6 Å². The van der Waals surface area contributed by atoms with Crippen molar-refractivity contribution in [3.05, 3.63) is 52.1 Å². The third kappa shape index (κ3) is 2.65. The van der Waals surface area contributed by atoms with Crippen molar-refractivity contribution in [1.82, 2.24) is 4.98 Å². The number of aromatic nitrogens is 1. The summed E-state index contributed by atoms with van der Waals surface area (Å²) in [4.78, 5) is 25.7. The number of anilines is 1. The number of hydrogen-bond donors (Lipinski definition) is 3. The van der Waals surface area contributed by atoms with Crippen LogP contribution in [0.5, 0.6) is 0 Å². The number of aromatic carboxylic acids is 1. The fourth-order valence-electron chi connectivity index (χ4n) is 1.76. The van der Waals surface area contributed by atoms with Crippen molar-refractivity contribution >= 4 is 29.2 Å². The smallest absolute Gasteiger partial charge is 0.339 e. The number of aryl methyl sites for hydroxylation is 1. The van der Waals surface area contributed by atoms with E-state index in [1.165, 1.54) is 18.3 Å². The third-order valence-corrected chi connectivity index (χ3v) is 2.95. The number of carbonyl (C=O) groups excluding carboxylic acids is 1. The molecule has 2 aromatic rings. The van der Waals surface area contributed by atoms with Crippen LogP contribution in [0.1, 0.15) is 26.4 Å². The van der Waals surface area contributed by atoms with Gasteiger partial charge in [0.2, 0.25) is 0 Å². The summed E-state index contributed by atoms with van der Waals surface area (Å²) < 4.78 is 13.5. The number of H-pyrrole nitrogens is 1. The van der Waals surface area contributed by atoms with Gasteiger partial charge in [-0.2, -0.15) is 0 Å². The molecule has 1 aromatic heterocycles. The lowest BCUT2D eigenvalue weighted by molar-refractivity contribution is 0.0697. The van der Waals surface area contributed by atoms with Crippen LogP contribution in [0.3, 0.4) is 0 Å². The van der Waals surface area contributed by atoms with Crippen molar-refractivity contribution in [1.29, 1.82) is 0 Å². The summed E-state index contributed by atoms with van der Waals surface area (Å²) >= 11 is 5.70. The topological polar surface area (TPSA) is 82.2 Å². The Kier molecular flexibility index (Phi) is 3.76. The number of nitrogens with one attached hydrogen (secondary N) is 2. The zero-order valence-corrected chi connectivity index (χ0v) is 11.1. The molecule has 0 spiro atoms. The van der Waals surface area contributed by atoms with Gasteiger partial charge in [-0.05, 0) is 25.1 Å². The first-order valence-electron chi connectivity index (χ1n) is 5.58. The summed E-state index contributed by atoms with van der Waals surface area (Å²) in [7, 11) is 0. The standard InChI is InChI=1S/C13H10ClFN2O3/c1-6-11(13(19)20)10(5-16-6)17-12(18)8-4-7(14)2-3-9(8)15/h2-5,16H,1H3,(H,17,18)(H,19,20). The van der Waals surface area contributed by atoms with Crippen LogP contribution in [0.15, 0.2) is 24.4 Å². The summed E-state index contributed by atoms with van der Waals surface area (Å²) in [5.74, 6) is -2.70. The molecule has 0 saturated heterocycles. The number of aromatic amines is 1. The van der Waals surface area contributed by atoms with Crippen LogP contribution >= 0.6 is 11.6 Å². The van der Waals surface area contributed by atoms with Crippen LogP contribution < -0.4 is 5.32 Å². The molecule has 0 aliphatic heterocycles. The molecule has 0 bridgehead atoms. The number of benzene rings is 1. The first-order chi connectivity index (χ1) is 9.40. The molecule has 1 aromatic carbocycles. The molecule has 0 fully saturated rings. The summed E-state index contributed by atoms with van der Waals surface area (Å²) in [6.07, 6.45) is 1.33. The Morgan fingerprint density at radius 1 is 1.40 bits per heavy atom. The number of carboxylic acids is 1. The average molecular weight is 297 g/mol. The zero-order chi connectivity index (χ0) is 14.9. The first kappa shape index (κ1) is 14.1. The lowest BCUT2D eigenvalue weighted by Crippen LogP contribution is -2.15. The lowest BCUT2D eigenvalue weighted by atomic mass is 10.1. The molecule has 5 nitrogen and oxygen atoms in total. The molecule has 2 rings (SSSR count). The van der Waals surface area contributed by atoms with E-state index < -0.39 is 17.7 Å². The van der Waals surface area contributed by atoms with E-state index in [1.807, 2.05) is 0 Å². The summed E-state index contributed by atoms with van der Waals surface area (Å²) in [5, 5.41) is 11.6. The molecule has 1 heterocycles. The van der Waals surface area contributed by atoms with Gasteiger partial charge >= 0.3 is 5.97 Å². The molecule has 0 aliphatic rings. The second-order valence-electron chi connectivity index (χ2n) is 4.09. The SMILES string of the molecule is Cc1[nH]cc(NC(=O)c2cc(Cl)ccc2F)c1C(=O)O. The van der Waals surface area contributed by atoms with Gasteiger partial charge in [-0.25, -0.2) is 9.18 Å². The number of amides is 1. The molecule has 0 aliphatic carbocycles. The second kappa shape index (κ2) is 5.34. The van der Waals surface area contributed by atoms with E-state index in [-0.39, 0.29) is 21.8 Å². The van der Waals surface area contributed by atoms with Crippen molar-refractivity contribution in [3.63, 3.8) is 0 Å². The van der Waals surface area contributed by atoms with Crippen LogP contribution in [0.25, 0.3) is 0 Å². The summed E-state index contributed by atoms with van der Waals surface area (Å²) in [5.41, 5.74) is 0.132. The molecular formula is C13H10ClFN2O3. The molecular weight excluding hydrogens is 287 g/mol. The van der Waals surface area contributed by atoms with Crippen molar-refractivity contribution in [2.75, 3.05) is 5.32 Å². The molecule has 20 heavy (non-hydrogen) atoms. The minimum absolute atomic E-state index is 0.0687. The van der Waals surface area contributed by atoms with Gasteiger partial charge in [0.15, 0.2) is 0 Å². The highest BCUT2D eigenvalue weighted by atomic mass is 35.5. The van der Waals surface area contributed by atoms with Gasteiger partial charge in [-0.3, -0.25) is 4.79 Å². The largest absolute Gasteiger partial charge is 0.478 e. The summed E-state index contributed by atoms with van der Waals surface area (Å²) in [6.45, 7) is 1.55. The zero-order valence-electron chi connectivity index (χ0n) is 10.3. The fraction of sp³-hybridized carbons (Fsp3) is 0.0769. The van der Waals surface area contributed by atoms with Crippen LogP contribution in [0.4, 0.5) is 10.1 Å². The van der Waals surface area contributed by atoms with Crippen molar-refractivity contribution in [2.24, 2.45) is 0 Å². The Balaban J connectivity index is 2.33. The molecule has 0 atom stereocenters. The molecule has 1 amide bonds. The minimum Gasteiger partial charge on any atom is -0.478 e. The predicted octanol–water partition coefficient (Wildman–Crippen LogP) is 3.07. The third-order valence-electron chi connectivity index (χ3n) is 2.71. The van der Waals surface area contributed by atoms with Crippen LogP contribution in [-0.2, 0) is 0 Å². The Bertz CT molecular complexity index is 697. The molecule has 104 valence electrons. The maximum absolute atomic E-state index is 13.5. The Morgan fingerprint density at radius 3 is 2.75 bits per heavy atom. The van der Waals surface area contributed by atoms with Crippen molar-refractivity contribution in [3.8, 4) is 0 Å². The molecule has 7 heteroatoms. The fourth-order valence-corrected chi connectivity index (χ4v) is 1.93. The van der Waals surface area contributed by atoms with Crippen LogP contribution in [0.2, 0.25) is 5.02 Å². The number of carboxylic acid groups (broad SMARTS) is 1. The Hall–Kier alpha value is -2.34. The van der Waals surface area contributed by atoms with E-state index in [0.717, 1.165) is 6.07 Å². The molecule has 0 unspecified atom stereocenters. The highest BCUT2D eigenvalue weighted by Crippen LogP contribution is 2.21. The first-order valence-corrected chi connectivity index (χ1v) is 5.95. The lowest BCUT2D eigenvalue weighted by Gasteiger charge is -2.06. The van der Waals surface area contributed by atoms with Crippen molar-refractivity contribution in [2.45, 2.75) is 6.92 Å². The highest BCUT2D eigenvalue weighted by Gasteiger charge is 2.19. The second-order valence-corrected chi connectivity index (χ2v) is 4.52. The van der Waals surface area contributed by atoms with Crippen LogP contribution in [-0.4, -0.2) is 22.0 Å². The maximum atomic E-state index is 13.5. The van der Waals surface area contributed by atoms with Gasteiger partial charge < -0.3 is 15.4 Å². The number of hydrogen-bond acceptors (Lipinski definition) is 2. The average Bonchev–Trinajstić information content (AvgIpc) is 2.73. The quantitative estimate of drug-likeness (QED) is 0.814. The number of carbonyl (C=O) groups is 2. The highest BCUT2D eigenvalue weighted by molar-refractivity contribution is 6.31. The van der Waals surface area contributed by atoms with Crippen molar-refractivity contribution < 1.29 is 19.1 Å². The molecule has 3 N–H and O–H groups in total. The van der Waals surface area contributed by atoms with E-state index in [1.54, 1.807) is 6.92 Å². The molecule has 0 radical (unpaired) electrons. The van der Waals surface area contributed by atoms with E-state index in [9.17, 15) is 14.0 Å². The minimum atomic E-state index is -1.19. The predicted molar refractivity (Wildman–Crippen MR) is 71.9 cm³/mol. The van der Waals surface area contributed by atoms with E-state index >= 15 is 0 Å². The van der Waals surface area contributed by atoms with Gasteiger partial charge in [0, 0.05) is 16.9 Å².